The van der Waals surface area contributed by atoms with Crippen LogP contribution in [-0.4, -0.2) is 14.9 Å². The standard InChI is InChI=1S/C15H28OSi/c1-7-13-10-8-9-11-14(13)12-16-17(5,6)15(2,3)4/h1,13-14H,8-12H2,2-6H3/t13-,14+/m0/s1. The van der Waals surface area contributed by atoms with Gasteiger partial charge in [-0.25, -0.2) is 0 Å². The third-order valence-corrected chi connectivity index (χ3v) is 9.09. The molecule has 0 spiro atoms. The van der Waals surface area contributed by atoms with Crippen molar-refractivity contribution in [2.75, 3.05) is 6.61 Å². The molecule has 0 aliphatic heterocycles. The van der Waals surface area contributed by atoms with Gasteiger partial charge in [-0.1, -0.05) is 33.6 Å². The summed E-state index contributed by atoms with van der Waals surface area (Å²) in [5.41, 5.74) is 0. The number of hydrogen-bond donors (Lipinski definition) is 0. The molecule has 2 atom stereocenters. The average molecular weight is 252 g/mol. The molecule has 2 heteroatoms. The van der Waals surface area contributed by atoms with E-state index in [4.69, 9.17) is 10.8 Å². The molecule has 17 heavy (non-hydrogen) atoms. The molecule has 0 aromatic heterocycles. The Labute approximate surface area is 108 Å². The molecular formula is C15H28OSi. The zero-order valence-electron chi connectivity index (χ0n) is 12.2. The van der Waals surface area contributed by atoms with Gasteiger partial charge >= 0.3 is 0 Å². The molecule has 1 fully saturated rings. The predicted octanol–water partition coefficient (Wildman–Crippen LogP) is 4.45. The summed E-state index contributed by atoms with van der Waals surface area (Å²) in [6, 6.07) is 0. The summed E-state index contributed by atoms with van der Waals surface area (Å²) in [4.78, 5) is 0. The van der Waals surface area contributed by atoms with E-state index in [-0.39, 0.29) is 0 Å². The topological polar surface area (TPSA) is 9.23 Å². The average Bonchev–Trinajstić information content (AvgIpc) is 2.25. The van der Waals surface area contributed by atoms with Gasteiger partial charge in [-0.2, -0.15) is 0 Å². The van der Waals surface area contributed by atoms with E-state index in [9.17, 15) is 0 Å². The lowest BCUT2D eigenvalue weighted by Crippen LogP contribution is -2.42. The molecule has 0 aromatic rings. The van der Waals surface area contributed by atoms with E-state index < -0.39 is 8.32 Å². The molecule has 0 saturated heterocycles. The minimum Gasteiger partial charge on any atom is -0.417 e. The van der Waals surface area contributed by atoms with Crippen molar-refractivity contribution in [2.45, 2.75) is 64.6 Å². The Balaban J connectivity index is 2.52. The first-order chi connectivity index (χ1) is 7.78. The van der Waals surface area contributed by atoms with Crippen molar-refractivity contribution in [3.63, 3.8) is 0 Å². The zero-order valence-corrected chi connectivity index (χ0v) is 13.2. The van der Waals surface area contributed by atoms with Crippen molar-refractivity contribution in [2.24, 2.45) is 11.8 Å². The Bertz CT molecular complexity index is 282. The van der Waals surface area contributed by atoms with E-state index >= 15 is 0 Å². The highest BCUT2D eigenvalue weighted by molar-refractivity contribution is 6.74. The van der Waals surface area contributed by atoms with Crippen LogP contribution in [0.25, 0.3) is 0 Å². The van der Waals surface area contributed by atoms with Gasteiger partial charge in [0, 0.05) is 12.5 Å². The summed E-state index contributed by atoms with van der Waals surface area (Å²) in [5, 5.41) is 0.299. The van der Waals surface area contributed by atoms with E-state index in [1.54, 1.807) is 0 Å². The molecule has 1 saturated carbocycles. The van der Waals surface area contributed by atoms with Crippen molar-refractivity contribution in [1.29, 1.82) is 0 Å². The predicted molar refractivity (Wildman–Crippen MR) is 77.4 cm³/mol. The van der Waals surface area contributed by atoms with Gasteiger partial charge in [0.15, 0.2) is 8.32 Å². The first kappa shape index (κ1) is 14.8. The first-order valence-corrected chi connectivity index (χ1v) is 9.79. The lowest BCUT2D eigenvalue weighted by Gasteiger charge is -2.38. The highest BCUT2D eigenvalue weighted by Gasteiger charge is 2.38. The maximum absolute atomic E-state index is 6.31. The monoisotopic (exact) mass is 252 g/mol. The second-order valence-corrected chi connectivity index (χ2v) is 11.7. The summed E-state index contributed by atoms with van der Waals surface area (Å²) in [5.74, 6) is 4.02. The lowest BCUT2D eigenvalue weighted by atomic mass is 9.80. The molecule has 0 bridgehead atoms. The van der Waals surface area contributed by atoms with Gasteiger partial charge in [0.2, 0.25) is 0 Å². The highest BCUT2D eigenvalue weighted by Crippen LogP contribution is 2.38. The van der Waals surface area contributed by atoms with Gasteiger partial charge in [0.05, 0.1) is 0 Å². The summed E-state index contributed by atoms with van der Waals surface area (Å²) in [7, 11) is -1.60. The van der Waals surface area contributed by atoms with Crippen molar-refractivity contribution in [3.8, 4) is 12.3 Å². The Morgan fingerprint density at radius 1 is 1.24 bits per heavy atom. The SMILES string of the molecule is C#C[C@H]1CCCC[C@@H]1CO[Si](C)(C)C(C)(C)C. The third-order valence-electron chi connectivity index (χ3n) is 4.59. The van der Waals surface area contributed by atoms with Crippen molar-refractivity contribution in [1.82, 2.24) is 0 Å². The van der Waals surface area contributed by atoms with Gasteiger partial charge < -0.3 is 4.43 Å². The third kappa shape index (κ3) is 3.86. The van der Waals surface area contributed by atoms with Gasteiger partial charge in [-0.3, -0.25) is 0 Å². The van der Waals surface area contributed by atoms with Crippen LogP contribution in [0, 0.1) is 24.2 Å². The van der Waals surface area contributed by atoms with Crippen LogP contribution < -0.4 is 0 Å². The fourth-order valence-corrected chi connectivity index (χ4v) is 3.22. The van der Waals surface area contributed by atoms with E-state index in [1.807, 2.05) is 0 Å². The normalized spacial score (nSPS) is 26.6. The van der Waals surface area contributed by atoms with Crippen LogP contribution in [0.4, 0.5) is 0 Å². The van der Waals surface area contributed by atoms with Crippen LogP contribution in [0.15, 0.2) is 0 Å². The summed E-state index contributed by atoms with van der Waals surface area (Å²) in [6.45, 7) is 12.4. The minimum atomic E-state index is -1.60. The number of terminal acetylenes is 1. The molecule has 0 radical (unpaired) electrons. The quantitative estimate of drug-likeness (QED) is 0.533. The van der Waals surface area contributed by atoms with E-state index in [2.05, 4.69) is 39.8 Å². The van der Waals surface area contributed by atoms with Crippen LogP contribution in [0.2, 0.25) is 18.1 Å². The first-order valence-electron chi connectivity index (χ1n) is 6.88. The molecule has 98 valence electrons. The lowest BCUT2D eigenvalue weighted by molar-refractivity contribution is 0.166. The van der Waals surface area contributed by atoms with Crippen LogP contribution in [0.5, 0.6) is 0 Å². The summed E-state index contributed by atoms with van der Waals surface area (Å²) >= 11 is 0. The fourth-order valence-electron chi connectivity index (χ4n) is 2.16. The molecule has 0 unspecified atom stereocenters. The number of hydrogen-bond acceptors (Lipinski definition) is 1. The van der Waals surface area contributed by atoms with Crippen molar-refractivity contribution in [3.05, 3.63) is 0 Å². The molecule has 0 N–H and O–H groups in total. The maximum atomic E-state index is 6.31. The van der Waals surface area contributed by atoms with Gasteiger partial charge in [0.1, 0.15) is 0 Å². The second-order valence-electron chi connectivity index (χ2n) is 6.89. The smallest absolute Gasteiger partial charge is 0.191 e. The number of rotatable bonds is 3. The Morgan fingerprint density at radius 3 is 2.35 bits per heavy atom. The summed E-state index contributed by atoms with van der Waals surface area (Å²) < 4.78 is 6.31. The van der Waals surface area contributed by atoms with E-state index in [0.29, 0.717) is 16.9 Å². The van der Waals surface area contributed by atoms with Gasteiger partial charge in [0.25, 0.3) is 0 Å². The van der Waals surface area contributed by atoms with E-state index in [1.165, 1.54) is 25.7 Å². The van der Waals surface area contributed by atoms with Gasteiger partial charge in [-0.05, 0) is 36.9 Å². The maximum Gasteiger partial charge on any atom is 0.191 e. The summed E-state index contributed by atoms with van der Waals surface area (Å²) in [6.07, 6.45) is 10.7. The minimum absolute atomic E-state index is 0.299. The Hall–Kier alpha value is -0.263. The van der Waals surface area contributed by atoms with Crippen LogP contribution in [0.1, 0.15) is 46.5 Å². The Morgan fingerprint density at radius 2 is 1.82 bits per heavy atom. The second kappa shape index (κ2) is 5.59. The molecule has 0 amide bonds. The molecule has 0 heterocycles. The van der Waals surface area contributed by atoms with E-state index in [0.717, 1.165) is 6.61 Å². The fraction of sp³-hybridized carbons (Fsp3) is 0.867. The molecule has 1 aliphatic carbocycles. The molecular weight excluding hydrogens is 224 g/mol. The Kier molecular flexibility index (Phi) is 4.86. The van der Waals surface area contributed by atoms with Crippen molar-refractivity contribution < 1.29 is 4.43 Å². The molecule has 1 nitrogen and oxygen atoms in total. The molecule has 1 rings (SSSR count). The van der Waals surface area contributed by atoms with Crippen LogP contribution in [-0.2, 0) is 4.43 Å². The van der Waals surface area contributed by atoms with Crippen molar-refractivity contribution >= 4 is 8.32 Å². The van der Waals surface area contributed by atoms with Crippen LogP contribution >= 0.6 is 0 Å². The van der Waals surface area contributed by atoms with Gasteiger partial charge in [-0.15, -0.1) is 12.3 Å². The molecule has 1 aliphatic rings. The largest absolute Gasteiger partial charge is 0.417 e. The zero-order chi connectivity index (χ0) is 13.1. The highest BCUT2D eigenvalue weighted by atomic mass is 28.4. The van der Waals surface area contributed by atoms with Crippen LogP contribution in [0.3, 0.4) is 0 Å². The molecule has 0 aromatic carbocycles.